The number of carbonyl (C=O) groups excluding carboxylic acids is 1. The van der Waals surface area contributed by atoms with Crippen LogP contribution >= 0.6 is 27.5 Å². The Morgan fingerprint density at radius 3 is 2.48 bits per heavy atom. The molecule has 3 rings (SSSR count). The van der Waals surface area contributed by atoms with E-state index in [9.17, 15) is 4.79 Å². The van der Waals surface area contributed by atoms with E-state index in [2.05, 4.69) is 26.5 Å². The Morgan fingerprint density at radius 1 is 0.970 bits per heavy atom. The molecule has 3 aromatic rings. The average molecular weight is 532 g/mol. The van der Waals surface area contributed by atoms with Crippen LogP contribution in [0, 0.1) is 0 Å². The maximum atomic E-state index is 12.6. The molecular formula is C25H24BrClN2O4. The van der Waals surface area contributed by atoms with Crippen molar-refractivity contribution in [1.82, 2.24) is 5.43 Å². The second-order valence-corrected chi connectivity index (χ2v) is 8.18. The zero-order valence-electron chi connectivity index (χ0n) is 18.3. The number of nitrogens with zero attached hydrogens (tertiary/aromatic N) is 1. The average Bonchev–Trinajstić information content (AvgIpc) is 2.80. The van der Waals surface area contributed by atoms with Gasteiger partial charge in [-0.1, -0.05) is 39.7 Å². The molecule has 0 saturated carbocycles. The molecule has 0 spiro atoms. The first-order valence-corrected chi connectivity index (χ1v) is 11.6. The quantitative estimate of drug-likeness (QED) is 0.248. The molecule has 0 heterocycles. The fourth-order valence-electron chi connectivity index (χ4n) is 2.96. The van der Waals surface area contributed by atoms with Crippen LogP contribution in [0.1, 0.15) is 35.3 Å². The number of hydrazone groups is 1. The summed E-state index contributed by atoms with van der Waals surface area (Å²) in [5.74, 6) is 1.36. The van der Waals surface area contributed by atoms with E-state index in [0.717, 1.165) is 10.0 Å². The third-order valence-corrected chi connectivity index (χ3v) is 5.16. The third-order valence-electron chi connectivity index (χ3n) is 4.43. The van der Waals surface area contributed by atoms with Gasteiger partial charge >= 0.3 is 0 Å². The van der Waals surface area contributed by atoms with Gasteiger partial charge in [-0.3, -0.25) is 4.79 Å². The molecule has 0 saturated heterocycles. The Morgan fingerprint density at radius 2 is 1.73 bits per heavy atom. The number of amides is 1. The van der Waals surface area contributed by atoms with Gasteiger partial charge in [0.05, 0.1) is 19.4 Å². The topological polar surface area (TPSA) is 69.2 Å². The van der Waals surface area contributed by atoms with Crippen LogP contribution < -0.4 is 19.6 Å². The molecule has 0 unspecified atom stereocenters. The van der Waals surface area contributed by atoms with Gasteiger partial charge in [0.25, 0.3) is 5.91 Å². The minimum absolute atomic E-state index is 0.349. The van der Waals surface area contributed by atoms with Crippen LogP contribution in [-0.4, -0.2) is 25.3 Å². The van der Waals surface area contributed by atoms with Crippen molar-refractivity contribution in [2.45, 2.75) is 20.5 Å². The normalized spacial score (nSPS) is 10.8. The van der Waals surface area contributed by atoms with Gasteiger partial charge in [0.1, 0.15) is 12.4 Å². The molecule has 0 aliphatic carbocycles. The Balaban J connectivity index is 1.70. The number of carbonyl (C=O) groups is 1. The molecule has 0 radical (unpaired) electrons. The van der Waals surface area contributed by atoms with E-state index in [1.54, 1.807) is 18.2 Å². The predicted octanol–water partition coefficient (Wildman–Crippen LogP) is 6.24. The summed E-state index contributed by atoms with van der Waals surface area (Å²) in [7, 11) is 0. The number of rotatable bonds is 10. The van der Waals surface area contributed by atoms with Crippen molar-refractivity contribution in [2.75, 3.05) is 13.2 Å². The number of hydrogen-bond acceptors (Lipinski definition) is 5. The fraction of sp³-hybridized carbons (Fsp3) is 0.200. The summed E-state index contributed by atoms with van der Waals surface area (Å²) in [6.45, 7) is 5.08. The molecule has 0 fully saturated rings. The van der Waals surface area contributed by atoms with Gasteiger partial charge in [0, 0.05) is 20.6 Å². The van der Waals surface area contributed by atoms with Gasteiger partial charge in [0.15, 0.2) is 11.5 Å². The van der Waals surface area contributed by atoms with Crippen LogP contribution in [0.3, 0.4) is 0 Å². The summed E-state index contributed by atoms with van der Waals surface area (Å²) in [5, 5.41) is 4.76. The zero-order valence-corrected chi connectivity index (χ0v) is 20.7. The van der Waals surface area contributed by atoms with E-state index in [1.807, 2.05) is 56.3 Å². The second-order valence-electron chi connectivity index (χ2n) is 6.83. The highest BCUT2D eigenvalue weighted by Gasteiger charge is 2.11. The van der Waals surface area contributed by atoms with E-state index in [-0.39, 0.29) is 5.91 Å². The molecule has 1 N–H and O–H groups in total. The molecular weight excluding hydrogens is 508 g/mol. The minimum atomic E-state index is -0.369. The van der Waals surface area contributed by atoms with E-state index in [4.69, 9.17) is 25.8 Å². The number of nitrogens with one attached hydrogen (secondary N) is 1. The fourth-order valence-corrected chi connectivity index (χ4v) is 3.55. The van der Waals surface area contributed by atoms with E-state index >= 15 is 0 Å². The third kappa shape index (κ3) is 7.23. The molecule has 6 nitrogen and oxygen atoms in total. The van der Waals surface area contributed by atoms with Crippen LogP contribution in [-0.2, 0) is 6.61 Å². The molecule has 3 aromatic carbocycles. The van der Waals surface area contributed by atoms with Crippen LogP contribution in [0.25, 0.3) is 0 Å². The summed E-state index contributed by atoms with van der Waals surface area (Å²) < 4.78 is 17.9. The summed E-state index contributed by atoms with van der Waals surface area (Å²) in [6.07, 6.45) is 1.54. The largest absolute Gasteiger partial charge is 0.490 e. The standard InChI is InChI=1S/C25H24BrClN2O4/c1-3-31-23-10-8-18(14-24(23)32-4-2)25(30)29-28-15-19-13-20(26)9-11-22(19)33-16-17-6-5-7-21(27)12-17/h5-15H,3-4,16H2,1-2H3,(H,29,30)/b28-15+. The Kier molecular flexibility index (Phi) is 9.15. The number of hydrogen-bond donors (Lipinski definition) is 1. The summed E-state index contributed by atoms with van der Waals surface area (Å²) >= 11 is 9.49. The Hall–Kier alpha value is -3.03. The van der Waals surface area contributed by atoms with Gasteiger partial charge in [-0.25, -0.2) is 5.43 Å². The van der Waals surface area contributed by atoms with Crippen LogP contribution in [0.2, 0.25) is 5.02 Å². The van der Waals surface area contributed by atoms with Crippen molar-refractivity contribution < 1.29 is 19.0 Å². The molecule has 0 aliphatic heterocycles. The zero-order chi connectivity index (χ0) is 23.6. The molecule has 172 valence electrons. The SMILES string of the molecule is CCOc1ccc(C(=O)N/N=C/c2cc(Br)ccc2OCc2cccc(Cl)c2)cc1OCC. The number of ether oxygens (including phenoxy) is 3. The molecule has 0 bridgehead atoms. The van der Waals surface area contributed by atoms with Crippen LogP contribution in [0.4, 0.5) is 0 Å². The summed E-state index contributed by atoms with van der Waals surface area (Å²) in [4.78, 5) is 12.6. The highest BCUT2D eigenvalue weighted by molar-refractivity contribution is 9.10. The summed E-state index contributed by atoms with van der Waals surface area (Å²) in [6, 6.07) is 18.0. The molecule has 33 heavy (non-hydrogen) atoms. The molecule has 1 amide bonds. The monoisotopic (exact) mass is 530 g/mol. The highest BCUT2D eigenvalue weighted by Crippen LogP contribution is 2.28. The molecule has 0 aliphatic rings. The van der Waals surface area contributed by atoms with E-state index in [0.29, 0.717) is 53.2 Å². The highest BCUT2D eigenvalue weighted by atomic mass is 79.9. The van der Waals surface area contributed by atoms with Gasteiger partial charge in [-0.05, 0) is 67.9 Å². The lowest BCUT2D eigenvalue weighted by molar-refractivity contribution is 0.0954. The molecule has 0 atom stereocenters. The van der Waals surface area contributed by atoms with Crippen molar-refractivity contribution in [3.8, 4) is 17.2 Å². The molecule has 8 heteroatoms. The van der Waals surface area contributed by atoms with Crippen molar-refractivity contribution in [3.05, 3.63) is 86.8 Å². The summed E-state index contributed by atoms with van der Waals surface area (Å²) in [5.41, 5.74) is 4.60. The van der Waals surface area contributed by atoms with Gasteiger partial charge < -0.3 is 14.2 Å². The molecule has 0 aromatic heterocycles. The second kappa shape index (κ2) is 12.3. The smallest absolute Gasteiger partial charge is 0.271 e. The first-order chi connectivity index (χ1) is 16.0. The maximum Gasteiger partial charge on any atom is 0.271 e. The van der Waals surface area contributed by atoms with Crippen LogP contribution in [0.5, 0.6) is 17.2 Å². The van der Waals surface area contributed by atoms with Gasteiger partial charge in [-0.2, -0.15) is 5.10 Å². The van der Waals surface area contributed by atoms with Crippen LogP contribution in [0.15, 0.2) is 70.2 Å². The lowest BCUT2D eigenvalue weighted by atomic mass is 10.2. The van der Waals surface area contributed by atoms with Gasteiger partial charge in [-0.15, -0.1) is 0 Å². The Bertz CT molecular complexity index is 1140. The lowest BCUT2D eigenvalue weighted by Crippen LogP contribution is -2.18. The Labute approximate surface area is 206 Å². The van der Waals surface area contributed by atoms with Crippen molar-refractivity contribution in [2.24, 2.45) is 5.10 Å². The van der Waals surface area contributed by atoms with E-state index in [1.165, 1.54) is 6.21 Å². The minimum Gasteiger partial charge on any atom is -0.490 e. The van der Waals surface area contributed by atoms with Crippen molar-refractivity contribution in [3.63, 3.8) is 0 Å². The number of benzene rings is 3. The lowest BCUT2D eigenvalue weighted by Gasteiger charge is -2.12. The van der Waals surface area contributed by atoms with E-state index < -0.39 is 0 Å². The van der Waals surface area contributed by atoms with Crippen molar-refractivity contribution >= 4 is 39.7 Å². The number of halogens is 2. The first-order valence-electron chi connectivity index (χ1n) is 10.4. The predicted molar refractivity (Wildman–Crippen MR) is 134 cm³/mol. The van der Waals surface area contributed by atoms with Crippen molar-refractivity contribution in [1.29, 1.82) is 0 Å². The maximum absolute atomic E-state index is 12.6. The van der Waals surface area contributed by atoms with Gasteiger partial charge in [0.2, 0.25) is 0 Å². The first kappa shape index (κ1) is 24.6.